The van der Waals surface area contributed by atoms with E-state index in [1.54, 1.807) is 30.3 Å². The molecular weight excluding hydrogens is 217 g/mol. The van der Waals surface area contributed by atoms with E-state index < -0.39 is 11.9 Å². The number of aryl methyl sites for hydroxylation is 1. The maximum absolute atomic E-state index is 12.5. The van der Waals surface area contributed by atoms with Crippen LogP contribution in [-0.2, 0) is 13.2 Å². The normalized spacial score (nSPS) is 11.8. The van der Waals surface area contributed by atoms with E-state index in [0.29, 0.717) is 11.3 Å². The highest BCUT2D eigenvalue weighted by atomic mass is 19.4. The van der Waals surface area contributed by atoms with Crippen LogP contribution in [0.5, 0.6) is 0 Å². The van der Waals surface area contributed by atoms with Crippen LogP contribution in [0.3, 0.4) is 0 Å². The van der Waals surface area contributed by atoms with Gasteiger partial charge < -0.3 is 0 Å². The van der Waals surface area contributed by atoms with Crippen LogP contribution in [0.2, 0.25) is 0 Å². The van der Waals surface area contributed by atoms with Gasteiger partial charge in [0.2, 0.25) is 0 Å². The molecule has 2 aromatic rings. The molecule has 0 fully saturated rings. The number of halogens is 3. The van der Waals surface area contributed by atoms with Crippen molar-refractivity contribution in [3.8, 4) is 11.3 Å². The van der Waals surface area contributed by atoms with Crippen molar-refractivity contribution in [3.63, 3.8) is 0 Å². The number of rotatable bonds is 1. The van der Waals surface area contributed by atoms with E-state index in [9.17, 15) is 13.2 Å². The predicted octanol–water partition coefficient (Wildman–Crippen LogP) is 3.11. The van der Waals surface area contributed by atoms with Crippen molar-refractivity contribution in [2.24, 2.45) is 7.05 Å². The van der Waals surface area contributed by atoms with Crippen LogP contribution in [0.15, 0.2) is 36.4 Å². The Morgan fingerprint density at radius 3 is 2.25 bits per heavy atom. The van der Waals surface area contributed by atoms with Gasteiger partial charge in [-0.1, -0.05) is 30.3 Å². The van der Waals surface area contributed by atoms with Gasteiger partial charge in [0.15, 0.2) is 0 Å². The Labute approximate surface area is 90.3 Å². The van der Waals surface area contributed by atoms with Gasteiger partial charge in [-0.05, 0) is 6.07 Å². The number of hydrogen-bond donors (Lipinski definition) is 0. The van der Waals surface area contributed by atoms with Crippen molar-refractivity contribution in [2.45, 2.75) is 6.18 Å². The summed E-state index contributed by atoms with van der Waals surface area (Å²) in [4.78, 5) is 0. The molecule has 0 spiro atoms. The van der Waals surface area contributed by atoms with Crippen molar-refractivity contribution < 1.29 is 13.2 Å². The third-order valence-corrected chi connectivity index (χ3v) is 2.24. The summed E-state index contributed by atoms with van der Waals surface area (Å²) >= 11 is 0. The summed E-state index contributed by atoms with van der Waals surface area (Å²) in [5.74, 6) is 0. The lowest BCUT2D eigenvalue weighted by Crippen LogP contribution is -2.11. The molecule has 0 amide bonds. The summed E-state index contributed by atoms with van der Waals surface area (Å²) in [5.41, 5.74) is 0.260. The third kappa shape index (κ3) is 1.93. The number of alkyl halides is 3. The van der Waals surface area contributed by atoms with Crippen molar-refractivity contribution in [1.29, 1.82) is 0 Å². The molecule has 5 heteroatoms. The average Bonchev–Trinajstić information content (AvgIpc) is 2.61. The lowest BCUT2D eigenvalue weighted by molar-refractivity contribution is -0.143. The molecule has 0 radical (unpaired) electrons. The van der Waals surface area contributed by atoms with Gasteiger partial charge in [0.25, 0.3) is 0 Å². The van der Waals surface area contributed by atoms with E-state index in [1.807, 2.05) is 0 Å². The molecule has 0 saturated carbocycles. The number of benzene rings is 1. The second-order valence-corrected chi connectivity index (χ2v) is 3.40. The van der Waals surface area contributed by atoms with E-state index in [-0.39, 0.29) is 0 Å². The highest BCUT2D eigenvalue weighted by Gasteiger charge is 2.34. The molecular formula is C11H9F3N2. The summed E-state index contributed by atoms with van der Waals surface area (Å²) in [7, 11) is 1.29. The summed E-state index contributed by atoms with van der Waals surface area (Å²) in [6, 6.07) is 9.83. The molecule has 1 aromatic heterocycles. The van der Waals surface area contributed by atoms with Gasteiger partial charge in [-0.15, -0.1) is 0 Å². The highest BCUT2D eigenvalue weighted by molar-refractivity contribution is 5.59. The maximum atomic E-state index is 12.5. The Kier molecular flexibility index (Phi) is 2.46. The minimum atomic E-state index is -4.37. The van der Waals surface area contributed by atoms with Gasteiger partial charge in [0, 0.05) is 12.6 Å². The van der Waals surface area contributed by atoms with E-state index in [2.05, 4.69) is 5.10 Å². The summed E-state index contributed by atoms with van der Waals surface area (Å²) in [6.45, 7) is 0. The van der Waals surface area contributed by atoms with Gasteiger partial charge in [-0.2, -0.15) is 18.3 Å². The molecule has 0 aliphatic heterocycles. The number of aromatic nitrogens is 2. The second kappa shape index (κ2) is 3.66. The van der Waals surface area contributed by atoms with Gasteiger partial charge in [0.05, 0.1) is 5.69 Å². The standard InChI is InChI=1S/C11H9F3N2/c1-16-10(11(12,13)14)7-9(15-16)8-5-3-2-4-6-8/h2-7H,1H3. The molecule has 84 valence electrons. The molecule has 0 unspecified atom stereocenters. The second-order valence-electron chi connectivity index (χ2n) is 3.40. The highest BCUT2D eigenvalue weighted by Crippen LogP contribution is 2.31. The Balaban J connectivity index is 2.47. The zero-order chi connectivity index (χ0) is 11.8. The zero-order valence-corrected chi connectivity index (χ0v) is 8.49. The topological polar surface area (TPSA) is 17.8 Å². The van der Waals surface area contributed by atoms with Crippen molar-refractivity contribution in [1.82, 2.24) is 9.78 Å². The third-order valence-electron chi connectivity index (χ3n) is 2.24. The minimum absolute atomic E-state index is 0.329. The lowest BCUT2D eigenvalue weighted by atomic mass is 10.1. The minimum Gasteiger partial charge on any atom is -0.263 e. The smallest absolute Gasteiger partial charge is 0.263 e. The van der Waals surface area contributed by atoms with Crippen LogP contribution >= 0.6 is 0 Å². The van der Waals surface area contributed by atoms with Crippen LogP contribution in [0, 0.1) is 0 Å². The van der Waals surface area contributed by atoms with E-state index in [0.717, 1.165) is 10.7 Å². The largest absolute Gasteiger partial charge is 0.433 e. The Morgan fingerprint density at radius 2 is 1.75 bits per heavy atom. The fourth-order valence-electron chi connectivity index (χ4n) is 1.48. The molecule has 1 aromatic carbocycles. The summed E-state index contributed by atoms with van der Waals surface area (Å²) in [6.07, 6.45) is -4.37. The van der Waals surface area contributed by atoms with Crippen LogP contribution in [0.1, 0.15) is 5.69 Å². The molecule has 0 N–H and O–H groups in total. The fourth-order valence-corrected chi connectivity index (χ4v) is 1.48. The monoisotopic (exact) mass is 226 g/mol. The first-order valence-corrected chi connectivity index (χ1v) is 4.65. The van der Waals surface area contributed by atoms with Crippen molar-refractivity contribution in [3.05, 3.63) is 42.1 Å². The molecule has 0 aliphatic carbocycles. The first-order chi connectivity index (χ1) is 7.48. The first kappa shape index (κ1) is 10.7. The predicted molar refractivity (Wildman–Crippen MR) is 53.6 cm³/mol. The summed E-state index contributed by atoms with van der Waals surface area (Å²) in [5, 5.41) is 3.84. The van der Waals surface area contributed by atoms with Crippen LogP contribution in [-0.4, -0.2) is 9.78 Å². The molecule has 2 rings (SSSR count). The van der Waals surface area contributed by atoms with Gasteiger partial charge in [-0.25, -0.2) is 0 Å². The fraction of sp³-hybridized carbons (Fsp3) is 0.182. The number of hydrogen-bond acceptors (Lipinski definition) is 1. The van der Waals surface area contributed by atoms with Crippen molar-refractivity contribution in [2.75, 3.05) is 0 Å². The maximum Gasteiger partial charge on any atom is 0.433 e. The average molecular weight is 226 g/mol. The molecule has 0 saturated heterocycles. The van der Waals surface area contributed by atoms with E-state index >= 15 is 0 Å². The van der Waals surface area contributed by atoms with Crippen LogP contribution in [0.25, 0.3) is 11.3 Å². The molecule has 2 nitrogen and oxygen atoms in total. The van der Waals surface area contributed by atoms with Crippen molar-refractivity contribution >= 4 is 0 Å². The molecule has 0 bridgehead atoms. The SMILES string of the molecule is Cn1nc(-c2ccccc2)cc1C(F)(F)F. The summed E-state index contributed by atoms with van der Waals surface area (Å²) < 4.78 is 38.4. The van der Waals surface area contributed by atoms with Crippen LogP contribution in [0.4, 0.5) is 13.2 Å². The van der Waals surface area contributed by atoms with Gasteiger partial charge >= 0.3 is 6.18 Å². The van der Waals surface area contributed by atoms with Gasteiger partial charge in [-0.3, -0.25) is 4.68 Å². The Bertz CT molecular complexity index is 486. The Morgan fingerprint density at radius 1 is 1.12 bits per heavy atom. The van der Waals surface area contributed by atoms with Crippen LogP contribution < -0.4 is 0 Å². The van der Waals surface area contributed by atoms with Gasteiger partial charge in [0.1, 0.15) is 5.69 Å². The first-order valence-electron chi connectivity index (χ1n) is 4.65. The van der Waals surface area contributed by atoms with E-state index in [4.69, 9.17) is 0 Å². The molecule has 0 atom stereocenters. The molecule has 0 aliphatic rings. The Hall–Kier alpha value is -1.78. The zero-order valence-electron chi connectivity index (χ0n) is 8.49. The number of nitrogens with zero attached hydrogens (tertiary/aromatic N) is 2. The molecule has 16 heavy (non-hydrogen) atoms. The van der Waals surface area contributed by atoms with E-state index in [1.165, 1.54) is 7.05 Å². The molecule has 1 heterocycles. The quantitative estimate of drug-likeness (QED) is 0.730. The lowest BCUT2D eigenvalue weighted by Gasteiger charge is -2.04.